The van der Waals surface area contributed by atoms with Crippen LogP contribution in [0.1, 0.15) is 72.3 Å². The Kier molecular flexibility index (Phi) is 15.2. The van der Waals surface area contributed by atoms with Crippen molar-refractivity contribution >= 4 is 23.8 Å². The highest BCUT2D eigenvalue weighted by Crippen LogP contribution is 2.40. The van der Waals surface area contributed by atoms with Gasteiger partial charge in [-0.3, -0.25) is 0 Å². The summed E-state index contributed by atoms with van der Waals surface area (Å²) in [6.07, 6.45) is 3.69. The van der Waals surface area contributed by atoms with Crippen LogP contribution in [0.4, 0.5) is 0 Å². The molecule has 9 aromatic carbocycles. The first-order valence-corrected chi connectivity index (χ1v) is 26.3. The van der Waals surface area contributed by atoms with E-state index >= 15 is 0 Å². The molecule has 0 aliphatic heterocycles. The Morgan fingerprint density at radius 3 is 0.740 bits per heavy atom. The van der Waals surface area contributed by atoms with Gasteiger partial charge in [-0.2, -0.15) is 0 Å². The monoisotopic (exact) mass is 980 g/mol. The normalized spacial score (nSPS) is 12.3. The molecule has 0 unspecified atom stereocenters. The van der Waals surface area contributed by atoms with Gasteiger partial charge in [0.05, 0.1) is 35.5 Å². The molecule has 0 spiro atoms. The first-order chi connectivity index (χ1) is 36.0. The Morgan fingerprint density at radius 1 is 0.260 bits per heavy atom. The third kappa shape index (κ3) is 10.6. The summed E-state index contributed by atoms with van der Waals surface area (Å²) in [5, 5.41) is 3.94. The Labute approximate surface area is 431 Å². The van der Waals surface area contributed by atoms with Crippen molar-refractivity contribution in [2.75, 3.05) is 35.5 Å². The molecule has 0 radical (unpaired) electrons. The van der Waals surface area contributed by atoms with Crippen molar-refractivity contribution in [2.45, 2.75) is 45.1 Å². The van der Waals surface area contributed by atoms with Crippen LogP contribution in [0.2, 0.25) is 0 Å². The molecule has 0 N–H and O–H groups in total. The number of para-hydroxylation sites is 6. The second-order valence-electron chi connectivity index (χ2n) is 18.5. The fourth-order valence-corrected chi connectivity index (χ4v) is 13.0. The summed E-state index contributed by atoms with van der Waals surface area (Å²) in [6.45, 7) is 0.398. The minimum Gasteiger partial charge on any atom is -0.496 e. The highest BCUT2D eigenvalue weighted by atomic mass is 31.1. The van der Waals surface area contributed by atoms with Gasteiger partial charge in [0.2, 0.25) is 0 Å². The van der Waals surface area contributed by atoms with E-state index in [1.54, 1.807) is 35.5 Å². The van der Waals surface area contributed by atoms with Gasteiger partial charge < -0.3 is 28.4 Å². The van der Waals surface area contributed by atoms with E-state index in [1.165, 1.54) is 15.9 Å². The quantitative estimate of drug-likeness (QED) is 0.120. The minimum atomic E-state index is -0.731. The number of methoxy groups -OCH3 is 5. The number of hydrogen-bond donors (Lipinski definition) is 0. The predicted octanol–water partition coefficient (Wildman–Crippen LogP) is 12.9. The van der Waals surface area contributed by atoms with Crippen LogP contribution in [0.25, 0.3) is 0 Å². The van der Waals surface area contributed by atoms with Gasteiger partial charge in [0.25, 0.3) is 0 Å². The average molecular weight is 981 g/mol. The molecule has 0 saturated carbocycles. The van der Waals surface area contributed by atoms with E-state index in [1.807, 2.05) is 0 Å². The maximum Gasteiger partial charge on any atom is 0.126 e. The van der Waals surface area contributed by atoms with Gasteiger partial charge in [-0.25, -0.2) is 0 Å². The van der Waals surface area contributed by atoms with Crippen LogP contribution in [0.3, 0.4) is 0 Å². The Bertz CT molecular complexity index is 3140. The molecule has 0 fully saturated rings. The van der Waals surface area contributed by atoms with Gasteiger partial charge >= 0.3 is 0 Å². The van der Waals surface area contributed by atoms with Gasteiger partial charge in [0, 0.05) is 38.5 Å². The third-order valence-corrected chi connectivity index (χ3v) is 16.4. The van der Waals surface area contributed by atoms with Crippen molar-refractivity contribution in [1.29, 1.82) is 0 Å². The third-order valence-electron chi connectivity index (χ3n) is 14.0. The van der Waals surface area contributed by atoms with E-state index in [-0.39, 0.29) is 0 Å². The highest BCUT2D eigenvalue weighted by Gasteiger charge is 2.23. The lowest BCUT2D eigenvalue weighted by Gasteiger charge is -2.21. The van der Waals surface area contributed by atoms with Gasteiger partial charge in [0.1, 0.15) is 41.1 Å². The maximum atomic E-state index is 7.11. The zero-order valence-electron chi connectivity index (χ0n) is 42.3. The lowest BCUT2D eigenvalue weighted by Crippen LogP contribution is -2.20. The molecule has 1 aliphatic rings. The van der Waals surface area contributed by atoms with Crippen molar-refractivity contribution in [3.8, 4) is 34.5 Å². The van der Waals surface area contributed by atoms with E-state index in [4.69, 9.17) is 28.4 Å². The van der Waals surface area contributed by atoms with Crippen molar-refractivity contribution in [1.82, 2.24) is 0 Å². The second kappa shape index (κ2) is 22.7. The second-order valence-corrected chi connectivity index (χ2v) is 20.7. The largest absolute Gasteiger partial charge is 0.496 e. The molecule has 1 aliphatic carbocycles. The molecular weight excluding hydrogens is 920 g/mol. The number of hydrogen-bond acceptors (Lipinski definition) is 6. The van der Waals surface area contributed by atoms with E-state index in [2.05, 4.69) is 194 Å². The van der Waals surface area contributed by atoms with Crippen LogP contribution >= 0.6 is 7.92 Å². The van der Waals surface area contributed by atoms with Crippen molar-refractivity contribution in [3.05, 3.63) is 266 Å². The van der Waals surface area contributed by atoms with Crippen molar-refractivity contribution in [3.63, 3.8) is 0 Å². The number of ether oxygens (including phenoxy) is 6. The molecule has 9 aromatic rings. The fourth-order valence-electron chi connectivity index (χ4n) is 10.7. The highest BCUT2D eigenvalue weighted by molar-refractivity contribution is 7.79. The first-order valence-electron chi connectivity index (χ1n) is 24.9. The van der Waals surface area contributed by atoms with Crippen LogP contribution < -0.4 is 44.3 Å². The SMILES string of the molecule is COc1c2cccc1Cc1cccc(c1OC)Cc1cccc(c1OC)Cc1cccc(c1OCc1ccc(P(c3ccccc3)c3ccccc3)cc1)Cc1cccc(c1OC)Cc1cccc(c1OC)C2. The molecule has 12 bridgehead atoms. The molecule has 73 heavy (non-hydrogen) atoms. The lowest BCUT2D eigenvalue weighted by molar-refractivity contribution is 0.300. The fraction of sp³-hybridized carbons (Fsp3) is 0.182. The first kappa shape index (κ1) is 48.8. The van der Waals surface area contributed by atoms with Gasteiger partial charge in [-0.1, -0.05) is 194 Å². The minimum absolute atomic E-state index is 0.398. The molecule has 0 heterocycles. The number of benzene rings is 9. The van der Waals surface area contributed by atoms with Crippen molar-refractivity contribution in [2.24, 2.45) is 0 Å². The van der Waals surface area contributed by atoms with Crippen LogP contribution in [0.15, 0.2) is 194 Å². The summed E-state index contributed by atoms with van der Waals surface area (Å²) in [5.74, 6) is 5.15. The van der Waals surface area contributed by atoms with E-state index in [9.17, 15) is 0 Å². The van der Waals surface area contributed by atoms with E-state index in [0.717, 1.165) is 107 Å². The van der Waals surface area contributed by atoms with Crippen LogP contribution in [0, 0.1) is 0 Å². The summed E-state index contributed by atoms with van der Waals surface area (Å²) in [6, 6.07) is 69.4. The molecule has 10 rings (SSSR count). The summed E-state index contributed by atoms with van der Waals surface area (Å²) < 4.78 is 38.6. The van der Waals surface area contributed by atoms with Gasteiger partial charge in [-0.05, 0) is 96.2 Å². The summed E-state index contributed by atoms with van der Waals surface area (Å²) in [5.41, 5.74) is 14.0. The number of fused-ring (bicyclic) bond motifs is 12. The molecule has 0 amide bonds. The Balaban J connectivity index is 1.07. The molecule has 0 atom stereocenters. The zero-order chi connectivity index (χ0) is 50.1. The molecule has 7 heteroatoms. The maximum absolute atomic E-state index is 7.11. The smallest absolute Gasteiger partial charge is 0.126 e. The molecule has 0 aromatic heterocycles. The summed E-state index contributed by atoms with van der Waals surface area (Å²) >= 11 is 0. The van der Waals surface area contributed by atoms with Crippen LogP contribution in [-0.2, 0) is 45.1 Å². The number of rotatable bonds is 11. The van der Waals surface area contributed by atoms with Gasteiger partial charge in [-0.15, -0.1) is 0 Å². The van der Waals surface area contributed by atoms with Crippen LogP contribution in [0.5, 0.6) is 34.5 Å². The topological polar surface area (TPSA) is 55.4 Å². The molecular formula is C66H61O6P. The summed E-state index contributed by atoms with van der Waals surface area (Å²) in [7, 11) is 8.10. The van der Waals surface area contributed by atoms with E-state index < -0.39 is 7.92 Å². The Morgan fingerprint density at radius 2 is 0.493 bits per heavy atom. The summed E-state index contributed by atoms with van der Waals surface area (Å²) in [4.78, 5) is 0. The van der Waals surface area contributed by atoms with Gasteiger partial charge in [0.15, 0.2) is 0 Å². The standard InChI is InChI=1S/C66H61O6P/c1-67-61-46-18-12-19-47(61)39-49-21-14-23-51(63(49)69-3)41-53-25-16-27-55(65(53)71-5)43-57-29-17-28-56(42-54-26-15-24-52(64(54)70-4)40-50-22-13-20-48(38-46)62(50)68-2)66(57)72-44-45-34-36-60(37-35-45)73(58-30-8-6-9-31-58)59-32-10-7-11-33-59/h6-37H,38-44H2,1-5H3. The molecule has 366 valence electrons. The van der Waals surface area contributed by atoms with Crippen molar-refractivity contribution < 1.29 is 28.4 Å². The molecule has 6 nitrogen and oxygen atoms in total. The zero-order valence-corrected chi connectivity index (χ0v) is 43.2. The predicted molar refractivity (Wildman–Crippen MR) is 298 cm³/mol. The Hall–Kier alpha value is -7.79. The van der Waals surface area contributed by atoms with E-state index in [0.29, 0.717) is 45.1 Å². The average Bonchev–Trinajstić information content (AvgIpc) is 3.42. The molecule has 0 saturated heterocycles. The lowest BCUT2D eigenvalue weighted by atomic mass is 9.91. The van der Waals surface area contributed by atoms with Crippen LogP contribution in [-0.4, -0.2) is 35.5 Å².